The maximum Gasteiger partial charge on any atom is 0.490 e. The molecule has 0 aliphatic carbocycles. The van der Waals surface area contributed by atoms with Gasteiger partial charge in [0.25, 0.3) is 5.91 Å². The summed E-state index contributed by atoms with van der Waals surface area (Å²) in [5.41, 5.74) is 8.44. The van der Waals surface area contributed by atoms with Gasteiger partial charge in [0.1, 0.15) is 17.7 Å². The van der Waals surface area contributed by atoms with Crippen LogP contribution in [-0.4, -0.2) is 133 Å². The highest BCUT2D eigenvalue weighted by molar-refractivity contribution is 5.99. The van der Waals surface area contributed by atoms with Gasteiger partial charge in [0.05, 0.1) is 82.7 Å². The van der Waals surface area contributed by atoms with Gasteiger partial charge in [-0.25, -0.2) is 29.5 Å². The van der Waals surface area contributed by atoms with Gasteiger partial charge in [0, 0.05) is 36.8 Å². The summed E-state index contributed by atoms with van der Waals surface area (Å²) in [4.78, 5) is 98.0. The minimum Gasteiger partial charge on any atom is -0.475 e. The average molecular weight is 949 g/mol. The maximum atomic E-state index is 13.6. The molecule has 2 saturated heterocycles. The number of aromatic nitrogens is 8. The number of halogens is 3. The number of nitrogens with one attached hydrogen (secondary N) is 4. The van der Waals surface area contributed by atoms with Crippen LogP contribution in [0.5, 0.6) is 0 Å². The van der Waals surface area contributed by atoms with E-state index in [1.807, 2.05) is 56.3 Å². The SMILES string of the molecule is CC(C)[C@@H](C(=O)N1CCC[C@H]1c1ncc(-c2ccc(-c3cnc4cc(-c5cnc([C@@H]6CCCN6C(=O)CNC(=O)c6ccc7nc[nH]c7c6)[nH]5)ccc4n3)cc2)[nH]1)N(C)C(=O)O.O=C(O)C(F)(F)F. The number of carboxylic acids is 1. The van der Waals surface area contributed by atoms with Crippen LogP contribution in [0.4, 0.5) is 18.0 Å². The largest absolute Gasteiger partial charge is 0.490 e. The Morgan fingerprint density at radius 1 is 0.768 bits per heavy atom. The van der Waals surface area contributed by atoms with E-state index in [0.29, 0.717) is 30.3 Å². The number of nitrogens with zero attached hydrogens (tertiary/aromatic N) is 8. The molecule has 4 amide bonds. The Bertz CT molecular complexity index is 3040. The maximum absolute atomic E-state index is 13.6. The Balaban J connectivity index is 0.000000853. The van der Waals surface area contributed by atoms with E-state index in [9.17, 15) is 37.5 Å². The number of imidazole rings is 3. The molecule has 22 heteroatoms. The van der Waals surface area contributed by atoms with Crippen LogP contribution >= 0.6 is 0 Å². The molecule has 19 nitrogen and oxygen atoms in total. The second-order valence-electron chi connectivity index (χ2n) is 17.0. The first-order valence-corrected chi connectivity index (χ1v) is 22.0. The number of carbonyl (C=O) groups is 5. The van der Waals surface area contributed by atoms with Crippen LogP contribution in [0, 0.1) is 5.92 Å². The summed E-state index contributed by atoms with van der Waals surface area (Å²) in [5, 5.41) is 19.5. The summed E-state index contributed by atoms with van der Waals surface area (Å²) in [5.74, 6) is -2.28. The molecule has 0 unspecified atom stereocenters. The highest BCUT2D eigenvalue weighted by Crippen LogP contribution is 2.35. The van der Waals surface area contributed by atoms with E-state index in [4.69, 9.17) is 19.9 Å². The first-order valence-electron chi connectivity index (χ1n) is 22.0. The van der Waals surface area contributed by atoms with Gasteiger partial charge in [-0.05, 0) is 67.5 Å². The lowest BCUT2D eigenvalue weighted by Gasteiger charge is -2.33. The fraction of sp³-hybridized carbons (Fsp3) is 0.319. The summed E-state index contributed by atoms with van der Waals surface area (Å²) >= 11 is 0. The molecule has 0 radical (unpaired) electrons. The van der Waals surface area contributed by atoms with Gasteiger partial charge < -0.3 is 40.3 Å². The van der Waals surface area contributed by atoms with E-state index < -0.39 is 24.3 Å². The molecule has 9 rings (SSSR count). The van der Waals surface area contributed by atoms with Gasteiger partial charge in [-0.1, -0.05) is 44.2 Å². The van der Waals surface area contributed by atoms with Crippen LogP contribution in [0.3, 0.4) is 0 Å². The number of H-pyrrole nitrogens is 3. The summed E-state index contributed by atoms with van der Waals surface area (Å²) in [6.07, 6.45) is 3.78. The molecule has 4 aromatic heterocycles. The number of fused-ring (bicyclic) bond motifs is 2. The number of likely N-dealkylation sites (tertiary alicyclic amines) is 2. The predicted molar refractivity (Wildman–Crippen MR) is 244 cm³/mol. The molecule has 2 fully saturated rings. The Labute approximate surface area is 391 Å². The van der Waals surface area contributed by atoms with Gasteiger partial charge in [-0.3, -0.25) is 24.3 Å². The number of benzene rings is 3. The lowest BCUT2D eigenvalue weighted by atomic mass is 10.0. The minimum atomic E-state index is -5.08. The first kappa shape index (κ1) is 47.3. The second-order valence-corrected chi connectivity index (χ2v) is 17.0. The quantitative estimate of drug-likeness (QED) is 0.0768. The van der Waals surface area contributed by atoms with Crippen LogP contribution in [0.15, 0.2) is 85.6 Å². The lowest BCUT2D eigenvalue weighted by Crippen LogP contribution is -2.51. The van der Waals surface area contributed by atoms with E-state index in [1.165, 1.54) is 7.05 Å². The summed E-state index contributed by atoms with van der Waals surface area (Å²) in [6.45, 7) is 4.72. The van der Waals surface area contributed by atoms with Crippen molar-refractivity contribution in [1.29, 1.82) is 0 Å². The number of rotatable bonds is 11. The second kappa shape index (κ2) is 19.6. The van der Waals surface area contributed by atoms with E-state index in [-0.39, 0.29) is 42.3 Å². The van der Waals surface area contributed by atoms with Crippen molar-refractivity contribution in [3.05, 3.63) is 103 Å². The molecular weight excluding hydrogens is 902 g/mol. The third kappa shape index (κ3) is 10.2. The molecule has 0 saturated carbocycles. The number of carbonyl (C=O) groups excluding carboxylic acids is 3. The molecule has 0 bridgehead atoms. The van der Waals surface area contributed by atoms with Crippen LogP contribution < -0.4 is 5.32 Å². The van der Waals surface area contributed by atoms with Gasteiger partial charge >= 0.3 is 18.2 Å². The minimum absolute atomic E-state index is 0.120. The standard InChI is InChI=1S/C45H46N12O5.C2HF3O2/c1-25(2)40(55(3)45(61)62)44(60)57-17-5-7-38(57)42-47-21-35(53-42)27-10-8-26(9-11-27)34-20-46-33-18-28(12-15-31(33)52-34)36-22-48-41(54-36)37-6-4-16-56(37)39(58)23-49-43(59)29-13-14-30-32(19-29)51-24-50-30;3-2(4,5)1(6)7/h8-15,18-22,24-25,37-38,40H,4-7,16-17,23H2,1-3H3,(H,47,53)(H,48,54)(H,49,59)(H,50,51)(H,61,62);(H,6,7)/t37-,38-,40-;/m0./s1. The third-order valence-electron chi connectivity index (χ3n) is 12.2. The smallest absolute Gasteiger partial charge is 0.475 e. The summed E-state index contributed by atoms with van der Waals surface area (Å²) < 4.78 is 31.7. The molecular formula is C47H47F3N12O7. The number of carboxylic acid groups (broad SMARTS) is 2. The molecule has 7 aromatic rings. The Kier molecular flexibility index (Phi) is 13.4. The molecule has 358 valence electrons. The van der Waals surface area contributed by atoms with Gasteiger partial charge in [-0.2, -0.15) is 13.2 Å². The van der Waals surface area contributed by atoms with Crippen LogP contribution in [-0.2, 0) is 14.4 Å². The highest BCUT2D eigenvalue weighted by Gasteiger charge is 2.40. The zero-order valence-electron chi connectivity index (χ0n) is 37.5. The van der Waals surface area contributed by atoms with Crippen LogP contribution in [0.1, 0.15) is 73.6 Å². The van der Waals surface area contributed by atoms with Crippen molar-refractivity contribution < 1.29 is 47.4 Å². The topological polar surface area (TPSA) is 259 Å². The van der Waals surface area contributed by atoms with Crippen LogP contribution in [0.2, 0.25) is 0 Å². The van der Waals surface area contributed by atoms with Crippen molar-refractivity contribution in [2.45, 2.75) is 63.8 Å². The number of aromatic amines is 3. The van der Waals surface area contributed by atoms with Crippen molar-refractivity contribution in [2.24, 2.45) is 5.92 Å². The van der Waals surface area contributed by atoms with Crippen molar-refractivity contribution >= 4 is 51.9 Å². The third-order valence-corrected chi connectivity index (χ3v) is 12.2. The molecule has 69 heavy (non-hydrogen) atoms. The number of hydrogen-bond acceptors (Lipinski definition) is 10. The van der Waals surface area contributed by atoms with E-state index in [0.717, 1.165) is 86.4 Å². The molecule has 2 aliphatic heterocycles. The van der Waals surface area contributed by atoms with E-state index in [2.05, 4.69) is 35.2 Å². The molecule has 3 aromatic carbocycles. The first-order chi connectivity index (χ1) is 33.0. The average Bonchev–Trinajstić information content (AvgIpc) is 4.19. The zero-order chi connectivity index (χ0) is 49.1. The number of aliphatic carboxylic acids is 1. The lowest BCUT2D eigenvalue weighted by molar-refractivity contribution is -0.192. The molecule has 2 aliphatic rings. The number of likely N-dealkylation sites (N-methyl/N-ethyl adjacent to an activating group) is 1. The fourth-order valence-corrected chi connectivity index (χ4v) is 8.73. The van der Waals surface area contributed by atoms with Crippen molar-refractivity contribution in [3.8, 4) is 33.8 Å². The van der Waals surface area contributed by atoms with Crippen molar-refractivity contribution in [2.75, 3.05) is 26.7 Å². The highest BCUT2D eigenvalue weighted by atomic mass is 19.4. The van der Waals surface area contributed by atoms with Gasteiger partial charge in [0.15, 0.2) is 0 Å². The normalized spacial score (nSPS) is 16.4. The van der Waals surface area contributed by atoms with Gasteiger partial charge in [-0.15, -0.1) is 0 Å². The number of amides is 4. The molecule has 3 atom stereocenters. The number of alkyl halides is 3. The fourth-order valence-electron chi connectivity index (χ4n) is 8.73. The molecule has 0 spiro atoms. The summed E-state index contributed by atoms with van der Waals surface area (Å²) in [7, 11) is 1.44. The predicted octanol–water partition coefficient (Wildman–Crippen LogP) is 6.98. The molecule has 6 heterocycles. The number of hydrogen-bond donors (Lipinski definition) is 6. The van der Waals surface area contributed by atoms with Crippen LogP contribution in [0.25, 0.3) is 55.8 Å². The van der Waals surface area contributed by atoms with Gasteiger partial charge in [0.2, 0.25) is 11.8 Å². The Morgan fingerprint density at radius 3 is 2.00 bits per heavy atom. The van der Waals surface area contributed by atoms with E-state index in [1.54, 1.807) is 52.9 Å². The summed E-state index contributed by atoms with van der Waals surface area (Å²) in [6, 6.07) is 17.7. The monoisotopic (exact) mass is 948 g/mol. The zero-order valence-corrected chi connectivity index (χ0v) is 37.5. The van der Waals surface area contributed by atoms with Crippen molar-refractivity contribution in [3.63, 3.8) is 0 Å². The van der Waals surface area contributed by atoms with E-state index >= 15 is 0 Å². The Morgan fingerprint density at radius 2 is 1.36 bits per heavy atom. The Hall–Kier alpha value is -8.17. The molecule has 6 N–H and O–H groups in total. The van der Waals surface area contributed by atoms with Crippen molar-refractivity contribution in [1.82, 2.24) is 59.9 Å².